The molecule has 0 saturated carbocycles. The Labute approximate surface area is 209 Å². The van der Waals surface area contributed by atoms with E-state index in [2.05, 4.69) is 71.5 Å². The van der Waals surface area contributed by atoms with Gasteiger partial charge in [0.2, 0.25) is 0 Å². The largest absolute Gasteiger partial charge is 0.480 e. The standard InChI is InChI=1S/C31H26N2O3/c1-21-7-16-29-26(19-21)17-18-33(29)27-14-12-24(13-15-27)23-8-10-25(11-9-23)30(34)32-28(31(35)36)20-22-5-3-2-4-6-22/h2-19,28H,20H2,1H3,(H,32,34)(H,35,36)/t28-/m0/s1. The summed E-state index contributed by atoms with van der Waals surface area (Å²) < 4.78 is 2.17. The van der Waals surface area contributed by atoms with E-state index in [0.717, 1.165) is 27.9 Å². The predicted molar refractivity (Wildman–Crippen MR) is 142 cm³/mol. The highest BCUT2D eigenvalue weighted by molar-refractivity contribution is 5.97. The monoisotopic (exact) mass is 474 g/mol. The molecular formula is C31H26N2O3. The number of carbonyl (C=O) groups is 2. The van der Waals surface area contributed by atoms with Crippen LogP contribution in [0.4, 0.5) is 0 Å². The summed E-state index contributed by atoms with van der Waals surface area (Å²) in [6, 6.07) is 32.3. The van der Waals surface area contributed by atoms with Crippen LogP contribution in [0, 0.1) is 6.92 Å². The van der Waals surface area contributed by atoms with Gasteiger partial charge in [0.15, 0.2) is 0 Å². The van der Waals surface area contributed by atoms with Gasteiger partial charge in [-0.3, -0.25) is 4.79 Å². The lowest BCUT2D eigenvalue weighted by Gasteiger charge is -2.15. The highest BCUT2D eigenvalue weighted by atomic mass is 16.4. The second-order valence-electron chi connectivity index (χ2n) is 8.93. The molecule has 0 aliphatic heterocycles. The van der Waals surface area contributed by atoms with Gasteiger partial charge in [0.05, 0.1) is 5.52 Å². The van der Waals surface area contributed by atoms with Crippen molar-refractivity contribution in [3.8, 4) is 16.8 Å². The van der Waals surface area contributed by atoms with E-state index < -0.39 is 17.9 Å². The van der Waals surface area contributed by atoms with Gasteiger partial charge in [-0.05, 0) is 66.1 Å². The Balaban J connectivity index is 1.29. The van der Waals surface area contributed by atoms with Gasteiger partial charge in [0.25, 0.3) is 5.91 Å². The summed E-state index contributed by atoms with van der Waals surface area (Å²) in [7, 11) is 0. The quantitative estimate of drug-likeness (QED) is 0.302. The van der Waals surface area contributed by atoms with E-state index in [1.165, 1.54) is 10.9 Å². The Kier molecular flexibility index (Phi) is 6.37. The minimum absolute atomic E-state index is 0.225. The Morgan fingerprint density at radius 1 is 0.833 bits per heavy atom. The third-order valence-electron chi connectivity index (χ3n) is 6.36. The molecule has 1 heterocycles. The molecule has 0 unspecified atom stereocenters. The van der Waals surface area contributed by atoms with Crippen LogP contribution in [0.15, 0.2) is 109 Å². The fourth-order valence-electron chi connectivity index (χ4n) is 4.41. The summed E-state index contributed by atoms with van der Waals surface area (Å²) in [5, 5.41) is 13.4. The SMILES string of the molecule is Cc1ccc2c(ccn2-c2ccc(-c3ccc(C(=O)N[C@@H](Cc4ccccc4)C(=O)O)cc3)cc2)c1. The number of aryl methyl sites for hydroxylation is 1. The molecule has 178 valence electrons. The first-order chi connectivity index (χ1) is 17.5. The number of carbonyl (C=O) groups excluding carboxylic acids is 1. The third kappa shape index (κ3) is 4.91. The number of nitrogens with zero attached hydrogens (tertiary/aromatic N) is 1. The molecule has 1 atom stereocenters. The molecule has 5 aromatic rings. The molecule has 0 saturated heterocycles. The van der Waals surface area contributed by atoms with Gasteiger partial charge in [-0.15, -0.1) is 0 Å². The zero-order valence-electron chi connectivity index (χ0n) is 19.9. The molecule has 0 fully saturated rings. The number of carboxylic acid groups (broad SMARTS) is 1. The molecular weight excluding hydrogens is 448 g/mol. The Morgan fingerprint density at radius 2 is 1.50 bits per heavy atom. The Bertz CT molecular complexity index is 1520. The number of aliphatic carboxylic acids is 1. The van der Waals surface area contributed by atoms with E-state index in [0.29, 0.717) is 5.56 Å². The summed E-state index contributed by atoms with van der Waals surface area (Å²) in [5.41, 5.74) is 6.76. The van der Waals surface area contributed by atoms with Crippen molar-refractivity contribution in [1.82, 2.24) is 9.88 Å². The number of rotatable bonds is 7. The molecule has 0 aliphatic carbocycles. The van der Waals surface area contributed by atoms with E-state index in [1.807, 2.05) is 42.5 Å². The van der Waals surface area contributed by atoms with Crippen molar-refractivity contribution in [2.75, 3.05) is 0 Å². The predicted octanol–water partition coefficient (Wildman–Crippen LogP) is 6.03. The number of fused-ring (bicyclic) bond motifs is 1. The molecule has 0 radical (unpaired) electrons. The molecule has 0 bridgehead atoms. The average molecular weight is 475 g/mol. The van der Waals surface area contributed by atoms with E-state index in [-0.39, 0.29) is 6.42 Å². The van der Waals surface area contributed by atoms with Crippen LogP contribution < -0.4 is 5.32 Å². The summed E-state index contributed by atoms with van der Waals surface area (Å²) >= 11 is 0. The number of aromatic nitrogens is 1. The van der Waals surface area contributed by atoms with Gasteiger partial charge in [-0.2, -0.15) is 0 Å². The molecule has 5 heteroatoms. The van der Waals surface area contributed by atoms with Crippen molar-refractivity contribution in [3.05, 3.63) is 126 Å². The van der Waals surface area contributed by atoms with Crippen LogP contribution in [0.5, 0.6) is 0 Å². The van der Waals surface area contributed by atoms with Crippen molar-refractivity contribution in [2.45, 2.75) is 19.4 Å². The van der Waals surface area contributed by atoms with E-state index in [1.54, 1.807) is 12.1 Å². The lowest BCUT2D eigenvalue weighted by molar-refractivity contribution is -0.139. The summed E-state index contributed by atoms with van der Waals surface area (Å²) in [6.07, 6.45) is 2.30. The fourth-order valence-corrected chi connectivity index (χ4v) is 4.41. The molecule has 1 aromatic heterocycles. The molecule has 0 spiro atoms. The molecule has 4 aromatic carbocycles. The van der Waals surface area contributed by atoms with Crippen LogP contribution >= 0.6 is 0 Å². The van der Waals surface area contributed by atoms with Gasteiger partial charge in [0.1, 0.15) is 6.04 Å². The van der Waals surface area contributed by atoms with Gasteiger partial charge in [-0.1, -0.05) is 66.2 Å². The molecule has 0 aliphatic rings. The number of hydrogen-bond acceptors (Lipinski definition) is 2. The molecule has 2 N–H and O–H groups in total. The minimum Gasteiger partial charge on any atom is -0.480 e. The first-order valence-corrected chi connectivity index (χ1v) is 11.8. The smallest absolute Gasteiger partial charge is 0.326 e. The van der Waals surface area contributed by atoms with Crippen LogP contribution in [0.2, 0.25) is 0 Å². The fraction of sp³-hybridized carbons (Fsp3) is 0.0968. The minimum atomic E-state index is -1.06. The van der Waals surface area contributed by atoms with E-state index in [9.17, 15) is 14.7 Å². The average Bonchev–Trinajstić information content (AvgIpc) is 3.32. The van der Waals surface area contributed by atoms with Crippen molar-refractivity contribution in [2.24, 2.45) is 0 Å². The maximum atomic E-state index is 12.7. The zero-order valence-corrected chi connectivity index (χ0v) is 19.9. The zero-order chi connectivity index (χ0) is 25.1. The molecule has 5 rings (SSSR count). The van der Waals surface area contributed by atoms with Crippen molar-refractivity contribution < 1.29 is 14.7 Å². The number of benzene rings is 4. The number of carboxylic acids is 1. The highest BCUT2D eigenvalue weighted by Crippen LogP contribution is 2.25. The topological polar surface area (TPSA) is 71.3 Å². The van der Waals surface area contributed by atoms with Crippen LogP contribution in [-0.2, 0) is 11.2 Å². The maximum Gasteiger partial charge on any atom is 0.326 e. The second-order valence-corrected chi connectivity index (χ2v) is 8.93. The number of nitrogens with one attached hydrogen (secondary N) is 1. The first kappa shape index (κ1) is 23.1. The number of hydrogen-bond donors (Lipinski definition) is 2. The molecule has 1 amide bonds. The van der Waals surface area contributed by atoms with Crippen LogP contribution in [0.1, 0.15) is 21.5 Å². The lowest BCUT2D eigenvalue weighted by Crippen LogP contribution is -2.42. The first-order valence-electron chi connectivity index (χ1n) is 11.8. The molecule has 36 heavy (non-hydrogen) atoms. The van der Waals surface area contributed by atoms with Crippen molar-refractivity contribution in [3.63, 3.8) is 0 Å². The summed E-state index contributed by atoms with van der Waals surface area (Å²) in [5.74, 6) is -1.47. The summed E-state index contributed by atoms with van der Waals surface area (Å²) in [6.45, 7) is 2.09. The number of amides is 1. The van der Waals surface area contributed by atoms with E-state index >= 15 is 0 Å². The van der Waals surface area contributed by atoms with E-state index in [4.69, 9.17) is 0 Å². The van der Waals surface area contributed by atoms with Gasteiger partial charge in [0, 0.05) is 29.3 Å². The van der Waals surface area contributed by atoms with Crippen LogP contribution in [-0.4, -0.2) is 27.6 Å². The van der Waals surface area contributed by atoms with Gasteiger partial charge < -0.3 is 15.0 Å². The third-order valence-corrected chi connectivity index (χ3v) is 6.36. The van der Waals surface area contributed by atoms with Crippen LogP contribution in [0.3, 0.4) is 0 Å². The normalized spacial score (nSPS) is 11.8. The molecule has 5 nitrogen and oxygen atoms in total. The summed E-state index contributed by atoms with van der Waals surface area (Å²) in [4.78, 5) is 24.4. The highest BCUT2D eigenvalue weighted by Gasteiger charge is 2.21. The van der Waals surface area contributed by atoms with Crippen molar-refractivity contribution >= 4 is 22.8 Å². The Morgan fingerprint density at radius 3 is 2.17 bits per heavy atom. The lowest BCUT2D eigenvalue weighted by atomic mass is 10.0. The second kappa shape index (κ2) is 9.92. The maximum absolute atomic E-state index is 12.7. The van der Waals surface area contributed by atoms with Crippen molar-refractivity contribution in [1.29, 1.82) is 0 Å². The van der Waals surface area contributed by atoms with Gasteiger partial charge >= 0.3 is 5.97 Å². The Hall–Kier alpha value is -4.64. The van der Waals surface area contributed by atoms with Crippen LogP contribution in [0.25, 0.3) is 27.7 Å². The van der Waals surface area contributed by atoms with Gasteiger partial charge in [-0.25, -0.2) is 4.79 Å².